The van der Waals surface area contributed by atoms with Crippen LogP contribution >= 0.6 is 15.9 Å². The lowest BCUT2D eigenvalue weighted by molar-refractivity contribution is 0.999. The first kappa shape index (κ1) is 10.6. The fourth-order valence-corrected chi connectivity index (χ4v) is 1.36. The zero-order valence-electron chi connectivity index (χ0n) is 7.66. The topological polar surface area (TPSA) is 39.9 Å². The highest BCUT2D eigenvalue weighted by atomic mass is 79.9. The van der Waals surface area contributed by atoms with Gasteiger partial charge in [-0.1, -0.05) is 5.92 Å². The molecular weight excluding hydrogens is 242 g/mol. The molecule has 1 rings (SSSR count). The third-order valence-electron chi connectivity index (χ3n) is 1.64. The lowest BCUT2D eigenvalue weighted by Crippen LogP contribution is -2.19. The summed E-state index contributed by atoms with van der Waals surface area (Å²) in [4.78, 5) is 5.88. The van der Waals surface area contributed by atoms with Crippen molar-refractivity contribution in [2.24, 2.45) is 0 Å². The van der Waals surface area contributed by atoms with Gasteiger partial charge in [0.2, 0.25) is 0 Å². The molecule has 70 valence electrons. The smallest absolute Gasteiger partial charge is 0.147 e. The Balaban J connectivity index is 3.10. The van der Waals surface area contributed by atoms with E-state index in [0.717, 1.165) is 4.47 Å². The molecule has 0 spiro atoms. The number of nitrogens with zero attached hydrogens (tertiary/aromatic N) is 3. The number of nitriles is 1. The van der Waals surface area contributed by atoms with Gasteiger partial charge in [-0.3, -0.25) is 0 Å². The van der Waals surface area contributed by atoms with Crippen molar-refractivity contribution in [3.05, 3.63) is 22.3 Å². The van der Waals surface area contributed by atoms with Gasteiger partial charge in [0.05, 0.1) is 12.1 Å². The molecule has 0 unspecified atom stereocenters. The van der Waals surface area contributed by atoms with Crippen LogP contribution in [0.5, 0.6) is 0 Å². The molecule has 0 N–H and O–H groups in total. The first-order valence-corrected chi connectivity index (χ1v) is 4.68. The van der Waals surface area contributed by atoms with Gasteiger partial charge in [-0.2, -0.15) is 5.26 Å². The van der Waals surface area contributed by atoms with Gasteiger partial charge < -0.3 is 4.90 Å². The number of halogens is 1. The number of anilines is 1. The van der Waals surface area contributed by atoms with Crippen molar-refractivity contribution < 1.29 is 0 Å². The summed E-state index contributed by atoms with van der Waals surface area (Å²) in [5, 5.41) is 8.87. The van der Waals surface area contributed by atoms with E-state index in [-0.39, 0.29) is 0 Å². The molecular formula is C10H8BrN3. The number of aromatic nitrogens is 1. The summed E-state index contributed by atoms with van der Waals surface area (Å²) < 4.78 is 0.784. The SMILES string of the molecule is C#CCN(C)c1ncc(Br)cc1C#N. The minimum Gasteiger partial charge on any atom is -0.347 e. The first-order chi connectivity index (χ1) is 6.69. The third kappa shape index (κ3) is 2.25. The van der Waals surface area contributed by atoms with E-state index in [1.807, 2.05) is 0 Å². The fourth-order valence-electron chi connectivity index (χ4n) is 1.03. The zero-order valence-corrected chi connectivity index (χ0v) is 9.24. The highest BCUT2D eigenvalue weighted by molar-refractivity contribution is 9.10. The molecule has 1 aromatic rings. The maximum Gasteiger partial charge on any atom is 0.147 e. The second-order valence-electron chi connectivity index (χ2n) is 2.70. The number of hydrogen-bond donors (Lipinski definition) is 0. The number of rotatable bonds is 2. The highest BCUT2D eigenvalue weighted by Crippen LogP contribution is 2.19. The normalized spacial score (nSPS) is 8.86. The molecule has 3 nitrogen and oxygen atoms in total. The predicted molar refractivity (Wildman–Crippen MR) is 58.8 cm³/mol. The predicted octanol–water partition coefficient (Wildman–Crippen LogP) is 1.79. The van der Waals surface area contributed by atoms with Gasteiger partial charge in [0.25, 0.3) is 0 Å². The quantitative estimate of drug-likeness (QED) is 0.751. The van der Waals surface area contributed by atoms with E-state index < -0.39 is 0 Å². The molecule has 0 aliphatic rings. The van der Waals surface area contributed by atoms with E-state index in [2.05, 4.69) is 32.9 Å². The van der Waals surface area contributed by atoms with Gasteiger partial charge in [0.15, 0.2) is 0 Å². The minimum absolute atomic E-state index is 0.434. The van der Waals surface area contributed by atoms with Crippen molar-refractivity contribution in [1.82, 2.24) is 4.98 Å². The van der Waals surface area contributed by atoms with E-state index in [1.54, 1.807) is 24.2 Å². The van der Waals surface area contributed by atoms with E-state index in [1.165, 1.54) is 0 Å². The van der Waals surface area contributed by atoms with Crippen LogP contribution in [0.25, 0.3) is 0 Å². The lowest BCUT2D eigenvalue weighted by atomic mass is 10.2. The van der Waals surface area contributed by atoms with Crippen LogP contribution in [0.3, 0.4) is 0 Å². The second kappa shape index (κ2) is 4.64. The summed E-state index contributed by atoms with van der Waals surface area (Å²) in [7, 11) is 1.80. The summed E-state index contributed by atoms with van der Waals surface area (Å²) in [5.41, 5.74) is 0.511. The molecule has 0 atom stereocenters. The maximum absolute atomic E-state index is 8.87. The fraction of sp³-hybridized carbons (Fsp3) is 0.200. The summed E-state index contributed by atoms with van der Waals surface area (Å²) in [6.45, 7) is 0.434. The molecule has 0 saturated heterocycles. The van der Waals surface area contributed by atoms with Crippen molar-refractivity contribution in [2.75, 3.05) is 18.5 Å². The molecule has 1 heterocycles. The van der Waals surface area contributed by atoms with Crippen LogP contribution in [-0.2, 0) is 0 Å². The Kier molecular flexibility index (Phi) is 3.50. The van der Waals surface area contributed by atoms with Crippen molar-refractivity contribution in [3.63, 3.8) is 0 Å². The zero-order chi connectivity index (χ0) is 10.6. The van der Waals surface area contributed by atoms with Crippen LogP contribution in [0.4, 0.5) is 5.82 Å². The van der Waals surface area contributed by atoms with E-state index in [0.29, 0.717) is 17.9 Å². The van der Waals surface area contributed by atoms with Crippen LogP contribution in [0.2, 0.25) is 0 Å². The van der Waals surface area contributed by atoms with Gasteiger partial charge in [0.1, 0.15) is 11.9 Å². The van der Waals surface area contributed by atoms with Crippen molar-refractivity contribution >= 4 is 21.7 Å². The summed E-state index contributed by atoms with van der Waals surface area (Å²) in [5.74, 6) is 3.10. The van der Waals surface area contributed by atoms with Gasteiger partial charge in [-0.15, -0.1) is 6.42 Å². The minimum atomic E-state index is 0.434. The Morgan fingerprint density at radius 2 is 2.43 bits per heavy atom. The largest absolute Gasteiger partial charge is 0.347 e. The maximum atomic E-state index is 8.87. The van der Waals surface area contributed by atoms with Crippen molar-refractivity contribution in [1.29, 1.82) is 5.26 Å². The van der Waals surface area contributed by atoms with E-state index in [9.17, 15) is 0 Å². The van der Waals surface area contributed by atoms with Gasteiger partial charge in [-0.05, 0) is 22.0 Å². The Morgan fingerprint density at radius 3 is 3.00 bits per heavy atom. The third-order valence-corrected chi connectivity index (χ3v) is 2.08. The average Bonchev–Trinajstić information content (AvgIpc) is 2.17. The lowest BCUT2D eigenvalue weighted by Gasteiger charge is -2.15. The summed E-state index contributed by atoms with van der Waals surface area (Å²) in [6.07, 6.45) is 6.82. The Labute approximate surface area is 91.5 Å². The monoisotopic (exact) mass is 249 g/mol. The molecule has 0 fully saturated rings. The summed E-state index contributed by atoms with van der Waals surface area (Å²) >= 11 is 3.25. The molecule has 1 aromatic heterocycles. The molecule has 0 aliphatic heterocycles. The van der Waals surface area contributed by atoms with Gasteiger partial charge >= 0.3 is 0 Å². The molecule has 0 amide bonds. The van der Waals surface area contributed by atoms with Crippen LogP contribution in [0, 0.1) is 23.7 Å². The number of hydrogen-bond acceptors (Lipinski definition) is 3. The second-order valence-corrected chi connectivity index (χ2v) is 3.61. The van der Waals surface area contributed by atoms with Gasteiger partial charge in [-0.25, -0.2) is 4.98 Å². The summed E-state index contributed by atoms with van der Waals surface area (Å²) in [6, 6.07) is 3.79. The molecule has 0 bridgehead atoms. The molecule has 0 radical (unpaired) electrons. The van der Waals surface area contributed by atoms with Crippen molar-refractivity contribution in [3.8, 4) is 18.4 Å². The Hall–Kier alpha value is -1.52. The molecule has 0 saturated carbocycles. The van der Waals surface area contributed by atoms with Crippen LogP contribution < -0.4 is 4.90 Å². The van der Waals surface area contributed by atoms with Crippen LogP contribution in [0.1, 0.15) is 5.56 Å². The van der Waals surface area contributed by atoms with E-state index >= 15 is 0 Å². The molecule has 4 heteroatoms. The van der Waals surface area contributed by atoms with Gasteiger partial charge in [0, 0.05) is 17.7 Å². The average molecular weight is 250 g/mol. The Bertz CT molecular complexity index is 414. The van der Waals surface area contributed by atoms with Crippen molar-refractivity contribution in [2.45, 2.75) is 0 Å². The molecule has 0 aromatic carbocycles. The Morgan fingerprint density at radius 1 is 1.71 bits per heavy atom. The number of terminal acetylenes is 1. The molecule has 0 aliphatic carbocycles. The number of pyridine rings is 1. The van der Waals surface area contributed by atoms with Crippen LogP contribution in [0.15, 0.2) is 16.7 Å². The molecule has 14 heavy (non-hydrogen) atoms. The van der Waals surface area contributed by atoms with E-state index in [4.69, 9.17) is 11.7 Å². The highest BCUT2D eigenvalue weighted by Gasteiger charge is 2.07. The standard InChI is InChI=1S/C10H8BrN3/c1-3-4-14(2)10-8(6-12)5-9(11)7-13-10/h1,5,7H,4H2,2H3. The van der Waals surface area contributed by atoms with Crippen LogP contribution in [-0.4, -0.2) is 18.6 Å². The first-order valence-electron chi connectivity index (χ1n) is 3.89.